The number of likely N-dealkylation sites (N-methyl/N-ethyl adjacent to an activating group) is 1. The number of aromatic amines is 1. The zero-order valence-electron chi connectivity index (χ0n) is 21.8. The standard InChI is InChI=1S/C28H30F3N5O3/c1-19(37)33-26-10-6-21(16-32-26)20-4-8-24(9-5-20)39-18-27(38)34-23-7-3-22(25(15-23)28(29,30)31)17-36-13-11-35(2)12-14-36/h3-10,15-16H,11-14,17-18H2,1-2H3,(H,34,38)(H,32,33,37)/p+2. The van der Waals surface area contributed by atoms with E-state index in [-0.39, 0.29) is 30.3 Å². The zero-order chi connectivity index (χ0) is 28.0. The molecule has 2 heterocycles. The maximum atomic E-state index is 13.8. The molecule has 206 valence electrons. The van der Waals surface area contributed by atoms with Crippen LogP contribution in [0, 0.1) is 0 Å². The lowest BCUT2D eigenvalue weighted by Gasteiger charge is -2.32. The van der Waals surface area contributed by atoms with E-state index in [0.717, 1.165) is 30.3 Å². The molecule has 0 bridgehead atoms. The van der Waals surface area contributed by atoms with Crippen LogP contribution in [-0.2, 0) is 22.3 Å². The summed E-state index contributed by atoms with van der Waals surface area (Å²) >= 11 is 0. The predicted octanol–water partition coefficient (Wildman–Crippen LogP) is 2.69. The Kier molecular flexibility index (Phi) is 8.95. The van der Waals surface area contributed by atoms with Gasteiger partial charge in [0.05, 0.1) is 11.8 Å². The second-order valence-corrected chi connectivity index (χ2v) is 9.59. The number of nitrogens with two attached hydrogens (primary N) is 1. The quantitative estimate of drug-likeness (QED) is 0.427. The number of halogens is 3. The van der Waals surface area contributed by atoms with E-state index in [9.17, 15) is 22.8 Å². The van der Waals surface area contributed by atoms with Gasteiger partial charge in [-0.05, 0) is 42.4 Å². The van der Waals surface area contributed by atoms with Gasteiger partial charge in [-0.1, -0.05) is 18.2 Å². The molecule has 0 spiro atoms. The number of nitrogens with zero attached hydrogens (tertiary/aromatic N) is 2. The van der Waals surface area contributed by atoms with E-state index in [1.807, 2.05) is 30.1 Å². The van der Waals surface area contributed by atoms with E-state index in [4.69, 9.17) is 4.74 Å². The largest absolute Gasteiger partial charge is 0.479 e. The van der Waals surface area contributed by atoms with Gasteiger partial charge in [-0.2, -0.15) is 13.2 Å². The summed E-state index contributed by atoms with van der Waals surface area (Å²) in [6.45, 7) is 4.39. The fraction of sp³-hybridized carbons (Fsp3) is 0.321. The Morgan fingerprint density at radius 2 is 1.69 bits per heavy atom. The lowest BCUT2D eigenvalue weighted by atomic mass is 10.0. The molecule has 3 aromatic rings. The number of hydrogen-bond acceptors (Lipinski definition) is 5. The zero-order valence-corrected chi connectivity index (χ0v) is 21.8. The van der Waals surface area contributed by atoms with Gasteiger partial charge in [-0.25, -0.2) is 25.2 Å². The Labute approximate surface area is 224 Å². The van der Waals surface area contributed by atoms with Crippen molar-refractivity contribution in [1.29, 1.82) is 0 Å². The third-order valence-corrected chi connectivity index (χ3v) is 6.45. The molecule has 11 heteroatoms. The smallest absolute Gasteiger partial charge is 0.416 e. The van der Waals surface area contributed by atoms with E-state index in [2.05, 4.69) is 15.2 Å². The van der Waals surface area contributed by atoms with Crippen molar-refractivity contribution in [3.63, 3.8) is 0 Å². The molecule has 2 amide bonds. The number of alkyl halides is 3. The number of H-pyrrole nitrogens is 1. The van der Waals surface area contributed by atoms with E-state index in [0.29, 0.717) is 24.7 Å². The van der Waals surface area contributed by atoms with Gasteiger partial charge in [0.1, 0.15) is 11.4 Å². The summed E-state index contributed by atoms with van der Waals surface area (Å²) in [5.74, 6) is 0.416. The second kappa shape index (κ2) is 12.4. The van der Waals surface area contributed by atoms with E-state index in [1.54, 1.807) is 30.5 Å². The lowest BCUT2D eigenvalue weighted by Crippen LogP contribution is -2.83. The van der Waals surface area contributed by atoms with Crippen molar-refractivity contribution >= 4 is 23.3 Å². The van der Waals surface area contributed by atoms with Gasteiger partial charge in [0.2, 0.25) is 6.61 Å². The first-order valence-electron chi connectivity index (χ1n) is 12.6. The number of nitrogens with one attached hydrogen (secondary N) is 2. The Morgan fingerprint density at radius 1 is 1.00 bits per heavy atom. The van der Waals surface area contributed by atoms with Gasteiger partial charge < -0.3 is 9.64 Å². The molecule has 4 rings (SSSR count). The van der Waals surface area contributed by atoms with Crippen LogP contribution in [0.25, 0.3) is 11.1 Å². The number of rotatable bonds is 8. The Hall–Kier alpha value is -3.80. The molecule has 0 radical (unpaired) electrons. The van der Waals surface area contributed by atoms with Crippen LogP contribution in [0.5, 0.6) is 5.75 Å². The molecule has 1 aliphatic heterocycles. The van der Waals surface area contributed by atoms with Crippen molar-refractivity contribution < 1.29 is 37.8 Å². The summed E-state index contributed by atoms with van der Waals surface area (Å²) in [5, 5.41) is 3.84. The van der Waals surface area contributed by atoms with Crippen molar-refractivity contribution in [3.8, 4) is 16.9 Å². The van der Waals surface area contributed by atoms with Crippen LogP contribution in [-0.4, -0.2) is 61.4 Å². The minimum atomic E-state index is -4.52. The first-order valence-corrected chi connectivity index (χ1v) is 12.6. The van der Waals surface area contributed by atoms with Crippen molar-refractivity contribution in [2.75, 3.05) is 45.2 Å². The van der Waals surface area contributed by atoms with Crippen LogP contribution in [0.4, 0.5) is 24.7 Å². The SMILES string of the molecule is CC(=O)Nc1ccc(-c2ccc(OCC(=O)[NH2+]c3ccc(CN4CCN(C)CC4)c(C(F)(F)F)c3)cc2)c[nH+]1. The fourth-order valence-corrected chi connectivity index (χ4v) is 4.33. The van der Waals surface area contributed by atoms with Crippen molar-refractivity contribution in [1.82, 2.24) is 9.80 Å². The molecule has 0 atom stereocenters. The number of aromatic nitrogens is 1. The van der Waals surface area contributed by atoms with Crippen molar-refractivity contribution in [2.45, 2.75) is 19.6 Å². The average molecular weight is 544 g/mol. The van der Waals surface area contributed by atoms with E-state index >= 15 is 0 Å². The van der Waals surface area contributed by atoms with Crippen LogP contribution < -0.4 is 20.4 Å². The predicted molar refractivity (Wildman–Crippen MR) is 139 cm³/mol. The van der Waals surface area contributed by atoms with Gasteiger partial charge >= 0.3 is 18.0 Å². The first kappa shape index (κ1) is 28.2. The van der Waals surface area contributed by atoms with Crippen LogP contribution >= 0.6 is 0 Å². The fourth-order valence-electron chi connectivity index (χ4n) is 4.33. The third-order valence-electron chi connectivity index (χ3n) is 6.45. The molecule has 0 unspecified atom stereocenters. The van der Waals surface area contributed by atoms with Crippen molar-refractivity contribution in [2.24, 2.45) is 0 Å². The number of hydrogen-bond donors (Lipinski definition) is 2. The number of amides is 2. The molecular weight excluding hydrogens is 511 g/mol. The number of pyridine rings is 1. The maximum Gasteiger partial charge on any atom is 0.416 e. The topological polar surface area (TPSA) is 92.6 Å². The minimum Gasteiger partial charge on any atom is -0.479 e. The molecule has 4 N–H and O–H groups in total. The normalized spacial score (nSPS) is 14.7. The second-order valence-electron chi connectivity index (χ2n) is 9.59. The summed E-state index contributed by atoms with van der Waals surface area (Å²) in [7, 11) is 1.99. The number of quaternary nitrogens is 1. The number of primary amides is 1. The Morgan fingerprint density at radius 3 is 2.31 bits per heavy atom. The number of carbonyl (C=O) groups excluding carboxylic acids is 2. The number of ether oxygens (including phenoxy) is 1. The molecule has 0 saturated carbocycles. The minimum absolute atomic E-state index is 0.175. The molecular formula is C28H32F3N5O3+2. The number of piperazine rings is 1. The molecule has 8 nitrogen and oxygen atoms in total. The molecule has 1 aromatic heterocycles. The third kappa shape index (κ3) is 8.09. The summed E-state index contributed by atoms with van der Waals surface area (Å²) in [5.41, 5.74) is 1.45. The van der Waals surface area contributed by atoms with Gasteiger partial charge in [0.15, 0.2) is 0 Å². The van der Waals surface area contributed by atoms with Crippen LogP contribution in [0.2, 0.25) is 0 Å². The summed E-state index contributed by atoms with van der Waals surface area (Å²) < 4.78 is 47.0. The van der Waals surface area contributed by atoms with E-state index < -0.39 is 17.6 Å². The highest BCUT2D eigenvalue weighted by atomic mass is 19.4. The molecule has 1 fully saturated rings. The van der Waals surface area contributed by atoms with Gasteiger partial charge in [-0.3, -0.25) is 4.90 Å². The summed E-state index contributed by atoms with van der Waals surface area (Å²) in [6.07, 6.45) is -2.76. The highest BCUT2D eigenvalue weighted by molar-refractivity contribution is 5.86. The molecule has 39 heavy (non-hydrogen) atoms. The molecule has 2 aromatic carbocycles. The maximum absolute atomic E-state index is 13.8. The number of benzene rings is 2. The monoisotopic (exact) mass is 543 g/mol. The van der Waals surface area contributed by atoms with Gasteiger partial charge in [0.25, 0.3) is 5.82 Å². The van der Waals surface area contributed by atoms with Crippen LogP contribution in [0.1, 0.15) is 18.1 Å². The average Bonchev–Trinajstić information content (AvgIpc) is 2.89. The summed E-state index contributed by atoms with van der Waals surface area (Å²) in [6, 6.07) is 14.7. The number of carbonyl (C=O) groups is 2. The lowest BCUT2D eigenvalue weighted by molar-refractivity contribution is -0.484. The first-order chi connectivity index (χ1) is 18.6. The molecule has 1 aliphatic rings. The molecule has 1 saturated heterocycles. The van der Waals surface area contributed by atoms with Crippen LogP contribution in [0.3, 0.4) is 0 Å². The van der Waals surface area contributed by atoms with Gasteiger partial charge in [0, 0.05) is 57.3 Å². The van der Waals surface area contributed by atoms with Crippen molar-refractivity contribution in [3.05, 3.63) is 71.9 Å². The Balaban J connectivity index is 1.33. The van der Waals surface area contributed by atoms with Gasteiger partial charge in [-0.15, -0.1) is 0 Å². The van der Waals surface area contributed by atoms with E-state index in [1.165, 1.54) is 18.3 Å². The Bertz CT molecular complexity index is 1290. The van der Waals surface area contributed by atoms with Crippen LogP contribution in [0.15, 0.2) is 60.8 Å². The highest BCUT2D eigenvalue weighted by Gasteiger charge is 2.35. The summed E-state index contributed by atoms with van der Waals surface area (Å²) in [4.78, 5) is 30.8. The number of anilines is 1. The molecule has 0 aliphatic carbocycles. The highest BCUT2D eigenvalue weighted by Crippen LogP contribution is 2.34.